The predicted octanol–water partition coefficient (Wildman–Crippen LogP) is 0.145. The van der Waals surface area contributed by atoms with Gasteiger partial charge < -0.3 is 19.7 Å². The second-order valence-corrected chi connectivity index (χ2v) is 6.08. The van der Waals surface area contributed by atoms with Gasteiger partial charge >= 0.3 is 0 Å². The zero-order valence-electron chi connectivity index (χ0n) is 15.0. The van der Waals surface area contributed by atoms with Crippen LogP contribution < -0.4 is 10.1 Å². The van der Waals surface area contributed by atoms with Crippen molar-refractivity contribution in [2.45, 2.75) is 6.42 Å². The van der Waals surface area contributed by atoms with Crippen LogP contribution in [-0.4, -0.2) is 81.7 Å². The quantitative estimate of drug-likeness (QED) is 0.723. The third-order valence-electron chi connectivity index (χ3n) is 4.09. The number of morpholine rings is 1. The molecule has 1 N–H and O–H groups in total. The lowest BCUT2D eigenvalue weighted by Gasteiger charge is -2.28. The van der Waals surface area contributed by atoms with Gasteiger partial charge in [0.25, 0.3) is 0 Å². The summed E-state index contributed by atoms with van der Waals surface area (Å²) in [5.74, 6) is 0.768. The molecule has 2 rings (SSSR count). The Bertz CT molecular complexity index is 573. The van der Waals surface area contributed by atoms with E-state index in [-0.39, 0.29) is 24.9 Å². The van der Waals surface area contributed by atoms with Crippen LogP contribution in [0.3, 0.4) is 0 Å². The lowest BCUT2D eigenvalue weighted by Crippen LogP contribution is -2.46. The van der Waals surface area contributed by atoms with E-state index in [1.54, 1.807) is 24.0 Å². The minimum Gasteiger partial charge on any atom is -0.496 e. The van der Waals surface area contributed by atoms with Crippen LogP contribution in [0.15, 0.2) is 24.3 Å². The van der Waals surface area contributed by atoms with Gasteiger partial charge in [0.15, 0.2) is 0 Å². The molecular weight excluding hydrogens is 322 g/mol. The molecule has 7 nitrogen and oxygen atoms in total. The number of nitrogens with zero attached hydrogens (tertiary/aromatic N) is 2. The van der Waals surface area contributed by atoms with Gasteiger partial charge in [0, 0.05) is 19.6 Å². The van der Waals surface area contributed by atoms with Crippen molar-refractivity contribution >= 4 is 11.8 Å². The van der Waals surface area contributed by atoms with Gasteiger partial charge in [-0.1, -0.05) is 18.2 Å². The predicted molar refractivity (Wildman–Crippen MR) is 94.6 cm³/mol. The Hall–Kier alpha value is -2.12. The molecular formula is C18H27N3O4. The fourth-order valence-corrected chi connectivity index (χ4v) is 2.75. The average Bonchev–Trinajstić information content (AvgIpc) is 2.62. The molecule has 0 atom stereocenters. The molecule has 1 fully saturated rings. The summed E-state index contributed by atoms with van der Waals surface area (Å²) >= 11 is 0. The molecule has 0 unspecified atom stereocenters. The number of benzene rings is 1. The highest BCUT2D eigenvalue weighted by Gasteiger charge is 2.19. The number of para-hydroxylation sites is 1. The first-order chi connectivity index (χ1) is 12.1. The number of methoxy groups -OCH3 is 1. The van der Waals surface area contributed by atoms with Crippen molar-refractivity contribution in [3.05, 3.63) is 29.8 Å². The molecule has 0 aliphatic carbocycles. The maximum Gasteiger partial charge on any atom is 0.236 e. The molecule has 1 aliphatic rings. The van der Waals surface area contributed by atoms with Gasteiger partial charge in [-0.25, -0.2) is 0 Å². The average molecular weight is 349 g/mol. The number of carbonyl (C=O) groups excluding carboxylic acids is 2. The molecule has 0 saturated carbocycles. The third kappa shape index (κ3) is 6.36. The van der Waals surface area contributed by atoms with Crippen LogP contribution in [0.2, 0.25) is 0 Å². The number of hydrogen-bond donors (Lipinski definition) is 1. The van der Waals surface area contributed by atoms with Gasteiger partial charge in [0.2, 0.25) is 11.8 Å². The van der Waals surface area contributed by atoms with E-state index in [2.05, 4.69) is 5.32 Å². The van der Waals surface area contributed by atoms with E-state index in [0.29, 0.717) is 39.3 Å². The minimum atomic E-state index is -0.0906. The van der Waals surface area contributed by atoms with Crippen molar-refractivity contribution in [2.24, 2.45) is 0 Å². The normalized spacial score (nSPS) is 14.4. The number of nitrogens with one attached hydrogen (secondary N) is 1. The van der Waals surface area contributed by atoms with Crippen LogP contribution in [0.25, 0.3) is 0 Å². The van der Waals surface area contributed by atoms with Crippen LogP contribution in [-0.2, 0) is 20.7 Å². The first-order valence-electron chi connectivity index (χ1n) is 8.53. The van der Waals surface area contributed by atoms with Crippen molar-refractivity contribution in [2.75, 3.05) is 60.1 Å². The van der Waals surface area contributed by atoms with E-state index in [9.17, 15) is 9.59 Å². The van der Waals surface area contributed by atoms with Gasteiger partial charge in [-0.3, -0.25) is 14.5 Å². The van der Waals surface area contributed by atoms with E-state index in [1.807, 2.05) is 24.3 Å². The molecule has 138 valence electrons. The third-order valence-corrected chi connectivity index (χ3v) is 4.09. The number of rotatable bonds is 8. The highest BCUT2D eigenvalue weighted by molar-refractivity contribution is 5.81. The molecule has 0 bridgehead atoms. The first kappa shape index (κ1) is 19.2. The molecule has 1 heterocycles. The smallest absolute Gasteiger partial charge is 0.236 e. The van der Waals surface area contributed by atoms with E-state index in [4.69, 9.17) is 9.47 Å². The largest absolute Gasteiger partial charge is 0.496 e. The van der Waals surface area contributed by atoms with Crippen molar-refractivity contribution < 1.29 is 19.1 Å². The number of ether oxygens (including phenoxy) is 2. The van der Waals surface area contributed by atoms with Crippen LogP contribution >= 0.6 is 0 Å². The first-order valence-corrected chi connectivity index (χ1v) is 8.53. The summed E-state index contributed by atoms with van der Waals surface area (Å²) in [5.41, 5.74) is 1.06. The fourth-order valence-electron chi connectivity index (χ4n) is 2.75. The molecule has 7 heteroatoms. The Morgan fingerprint density at radius 1 is 1.24 bits per heavy atom. The molecule has 1 aromatic rings. The summed E-state index contributed by atoms with van der Waals surface area (Å²) in [4.78, 5) is 27.7. The van der Waals surface area contributed by atoms with Gasteiger partial charge in [0.1, 0.15) is 5.75 Å². The van der Waals surface area contributed by atoms with Crippen molar-refractivity contribution in [1.29, 1.82) is 0 Å². The Kier molecular flexibility index (Phi) is 7.69. The van der Waals surface area contributed by atoms with Gasteiger partial charge in [-0.2, -0.15) is 0 Å². The number of carbonyl (C=O) groups is 2. The van der Waals surface area contributed by atoms with E-state index in [0.717, 1.165) is 11.3 Å². The summed E-state index contributed by atoms with van der Waals surface area (Å²) in [7, 11) is 3.41. The molecule has 1 aromatic carbocycles. The van der Waals surface area contributed by atoms with Crippen molar-refractivity contribution in [3.63, 3.8) is 0 Å². The van der Waals surface area contributed by atoms with Crippen molar-refractivity contribution in [1.82, 2.24) is 15.1 Å². The van der Waals surface area contributed by atoms with Gasteiger partial charge in [0.05, 0.1) is 33.4 Å². The summed E-state index contributed by atoms with van der Waals surface area (Å²) in [6.07, 6.45) is 0.701. The number of amides is 2. The molecule has 1 saturated heterocycles. The van der Waals surface area contributed by atoms with Crippen LogP contribution in [0.1, 0.15) is 5.56 Å². The Balaban J connectivity index is 1.68. The fraction of sp³-hybridized carbons (Fsp3) is 0.556. The Morgan fingerprint density at radius 2 is 1.96 bits per heavy atom. The number of hydrogen-bond acceptors (Lipinski definition) is 5. The van der Waals surface area contributed by atoms with Gasteiger partial charge in [-0.15, -0.1) is 0 Å². The van der Waals surface area contributed by atoms with Crippen LogP contribution in [0, 0.1) is 0 Å². The van der Waals surface area contributed by atoms with E-state index < -0.39 is 0 Å². The number of likely N-dealkylation sites (N-methyl/N-ethyl adjacent to an activating group) is 1. The lowest BCUT2D eigenvalue weighted by molar-refractivity contribution is -0.136. The SMILES string of the molecule is COc1ccccc1CCNC(=O)CN(C)CC(=O)N1CCOCC1. The van der Waals surface area contributed by atoms with Gasteiger partial charge in [-0.05, 0) is 25.1 Å². The maximum absolute atomic E-state index is 12.1. The monoisotopic (exact) mass is 349 g/mol. The van der Waals surface area contributed by atoms with E-state index in [1.165, 1.54) is 0 Å². The zero-order valence-corrected chi connectivity index (χ0v) is 15.0. The molecule has 0 spiro atoms. The van der Waals surface area contributed by atoms with Crippen LogP contribution in [0.5, 0.6) is 5.75 Å². The minimum absolute atomic E-state index is 0.0348. The summed E-state index contributed by atoms with van der Waals surface area (Å²) < 4.78 is 10.5. The lowest BCUT2D eigenvalue weighted by atomic mass is 10.1. The molecule has 0 aromatic heterocycles. The molecule has 1 aliphatic heterocycles. The Morgan fingerprint density at radius 3 is 2.68 bits per heavy atom. The molecule has 0 radical (unpaired) electrons. The summed E-state index contributed by atoms with van der Waals surface area (Å²) in [6.45, 7) is 3.37. The molecule has 2 amide bonds. The van der Waals surface area contributed by atoms with E-state index >= 15 is 0 Å². The Labute approximate surface area is 148 Å². The summed E-state index contributed by atoms with van der Waals surface area (Å²) in [5, 5.41) is 2.89. The standard InChI is InChI=1S/C18H27N3O4/c1-20(14-18(23)21-9-11-25-12-10-21)13-17(22)19-8-7-15-5-3-4-6-16(15)24-2/h3-6H,7-14H2,1-2H3,(H,19,22). The molecule has 25 heavy (non-hydrogen) atoms. The highest BCUT2D eigenvalue weighted by atomic mass is 16.5. The second-order valence-electron chi connectivity index (χ2n) is 6.08. The maximum atomic E-state index is 12.1. The zero-order chi connectivity index (χ0) is 18.1. The van der Waals surface area contributed by atoms with Crippen molar-refractivity contribution in [3.8, 4) is 5.75 Å². The topological polar surface area (TPSA) is 71.1 Å². The summed E-state index contributed by atoms with van der Waals surface area (Å²) in [6, 6.07) is 7.76. The second kappa shape index (κ2) is 10.0. The highest BCUT2D eigenvalue weighted by Crippen LogP contribution is 2.17. The van der Waals surface area contributed by atoms with Crippen LogP contribution in [0.4, 0.5) is 0 Å².